The molecule has 1 aliphatic carbocycles. The van der Waals surface area contributed by atoms with Gasteiger partial charge in [-0.15, -0.1) is 11.3 Å². The van der Waals surface area contributed by atoms with E-state index in [1.807, 2.05) is 25.7 Å². The van der Waals surface area contributed by atoms with Gasteiger partial charge in [-0.1, -0.05) is 32.4 Å². The van der Waals surface area contributed by atoms with Crippen LogP contribution in [-0.4, -0.2) is 68.1 Å². The van der Waals surface area contributed by atoms with Gasteiger partial charge in [0.2, 0.25) is 5.91 Å². The molecule has 0 unspecified atom stereocenters. The molecule has 2 aliphatic rings. The Morgan fingerprint density at radius 2 is 1.93 bits per heavy atom. The molecule has 2 N–H and O–H groups in total. The molecular weight excluding hydrogens is 581 g/mol. The Morgan fingerprint density at radius 3 is 2.51 bits per heavy atom. The van der Waals surface area contributed by atoms with Gasteiger partial charge in [0, 0.05) is 31.9 Å². The van der Waals surface area contributed by atoms with Crippen molar-refractivity contribution in [3.63, 3.8) is 0 Å². The molecule has 1 aromatic heterocycles. The number of anilines is 2. The summed E-state index contributed by atoms with van der Waals surface area (Å²) in [5, 5.41) is 5.45. The van der Waals surface area contributed by atoms with Crippen molar-refractivity contribution in [3.05, 3.63) is 45.1 Å². The Balaban J connectivity index is 1.60. The number of ether oxygens (including phenoxy) is 1. The molecule has 2 fully saturated rings. The second-order valence-electron chi connectivity index (χ2n) is 11.6. The zero-order valence-electron chi connectivity index (χ0n) is 23.1. The molecule has 0 radical (unpaired) electrons. The lowest BCUT2D eigenvalue weighted by Gasteiger charge is -2.36. The predicted octanol–water partition coefficient (Wildman–Crippen LogP) is 5.28. The van der Waals surface area contributed by atoms with Crippen molar-refractivity contribution in [2.45, 2.75) is 45.8 Å². The number of carbonyl (C=O) groups is 3. The molecule has 13 heteroatoms. The third kappa shape index (κ3) is 8.67. The molecule has 224 valence electrons. The minimum Gasteiger partial charge on any atom is -0.370 e. The SMILES string of the molecule is CC(C)(C)CN(CC1CC1)[C@@H](CNC(=O)c1ccc(Cl)s1)C(=O)Nc1ccc(N2CCOCC2=O)c(C(F)(F)F)c1. The average molecular weight is 615 g/mol. The number of rotatable bonds is 10. The first-order valence-electron chi connectivity index (χ1n) is 13.4. The summed E-state index contributed by atoms with van der Waals surface area (Å²) in [5.74, 6) is -1.08. The molecule has 1 saturated carbocycles. The van der Waals surface area contributed by atoms with Crippen LogP contribution in [0, 0.1) is 11.3 Å². The first-order valence-corrected chi connectivity index (χ1v) is 14.6. The molecule has 8 nitrogen and oxygen atoms in total. The molecule has 4 rings (SSSR count). The molecule has 0 bridgehead atoms. The molecule has 1 aromatic carbocycles. The van der Waals surface area contributed by atoms with Crippen molar-refractivity contribution in [1.29, 1.82) is 0 Å². The summed E-state index contributed by atoms with van der Waals surface area (Å²) in [7, 11) is 0. The maximum absolute atomic E-state index is 14.1. The molecule has 1 saturated heterocycles. The number of carbonyl (C=O) groups excluding carboxylic acids is 3. The van der Waals surface area contributed by atoms with E-state index in [4.69, 9.17) is 16.3 Å². The predicted molar refractivity (Wildman–Crippen MR) is 152 cm³/mol. The largest absolute Gasteiger partial charge is 0.418 e. The van der Waals surface area contributed by atoms with E-state index in [1.165, 1.54) is 12.1 Å². The lowest BCUT2D eigenvalue weighted by Crippen LogP contribution is -2.53. The Labute approximate surface area is 246 Å². The summed E-state index contributed by atoms with van der Waals surface area (Å²) in [6, 6.07) is 5.74. The van der Waals surface area contributed by atoms with Gasteiger partial charge in [-0.05, 0) is 54.5 Å². The van der Waals surface area contributed by atoms with Crippen molar-refractivity contribution in [3.8, 4) is 0 Å². The summed E-state index contributed by atoms with van der Waals surface area (Å²) in [6.07, 6.45) is -2.70. The minimum absolute atomic E-state index is 0.00618. The van der Waals surface area contributed by atoms with Crippen LogP contribution >= 0.6 is 22.9 Å². The normalized spacial score (nSPS) is 17.1. The van der Waals surface area contributed by atoms with E-state index in [0.29, 0.717) is 28.2 Å². The van der Waals surface area contributed by atoms with Crippen LogP contribution in [-0.2, 0) is 20.5 Å². The first-order chi connectivity index (χ1) is 19.2. The van der Waals surface area contributed by atoms with E-state index in [0.717, 1.165) is 35.1 Å². The van der Waals surface area contributed by atoms with Crippen LogP contribution in [0.15, 0.2) is 30.3 Å². The van der Waals surface area contributed by atoms with Gasteiger partial charge in [-0.25, -0.2) is 0 Å². The van der Waals surface area contributed by atoms with Gasteiger partial charge < -0.3 is 20.3 Å². The molecule has 2 aromatic rings. The number of hydrogen-bond acceptors (Lipinski definition) is 6. The highest BCUT2D eigenvalue weighted by Crippen LogP contribution is 2.39. The molecule has 2 heterocycles. The molecule has 3 amide bonds. The fraction of sp³-hybridized carbons (Fsp3) is 0.536. The molecular formula is C28H34ClF3N4O4S. The Morgan fingerprint density at radius 1 is 1.20 bits per heavy atom. The molecule has 0 spiro atoms. The number of benzene rings is 1. The Bertz CT molecular complexity index is 1280. The molecule has 1 aliphatic heterocycles. The monoisotopic (exact) mass is 614 g/mol. The van der Waals surface area contributed by atoms with Crippen LogP contribution in [0.1, 0.15) is 48.8 Å². The van der Waals surface area contributed by atoms with E-state index in [1.54, 1.807) is 12.1 Å². The summed E-state index contributed by atoms with van der Waals surface area (Å²) in [4.78, 5) is 42.2. The summed E-state index contributed by atoms with van der Waals surface area (Å²) in [5.41, 5.74) is -1.57. The third-order valence-corrected chi connectivity index (χ3v) is 7.94. The quantitative estimate of drug-likeness (QED) is 0.380. The van der Waals surface area contributed by atoms with Gasteiger partial charge in [-0.2, -0.15) is 13.2 Å². The van der Waals surface area contributed by atoms with Gasteiger partial charge in [0.15, 0.2) is 0 Å². The minimum atomic E-state index is -4.77. The second-order valence-corrected chi connectivity index (χ2v) is 13.3. The van der Waals surface area contributed by atoms with Crippen molar-refractivity contribution >= 4 is 52.0 Å². The van der Waals surface area contributed by atoms with Crippen LogP contribution in [0.4, 0.5) is 24.5 Å². The third-order valence-electron chi connectivity index (χ3n) is 6.71. The molecule has 1 atom stereocenters. The van der Waals surface area contributed by atoms with Crippen LogP contribution in [0.3, 0.4) is 0 Å². The fourth-order valence-electron chi connectivity index (χ4n) is 4.72. The topological polar surface area (TPSA) is 91.0 Å². The van der Waals surface area contributed by atoms with Crippen LogP contribution in [0.2, 0.25) is 4.34 Å². The van der Waals surface area contributed by atoms with Crippen LogP contribution in [0.5, 0.6) is 0 Å². The number of nitrogens with zero attached hydrogens (tertiary/aromatic N) is 2. The number of alkyl halides is 3. The highest BCUT2D eigenvalue weighted by atomic mass is 35.5. The van der Waals surface area contributed by atoms with Gasteiger partial charge in [0.1, 0.15) is 12.6 Å². The zero-order valence-corrected chi connectivity index (χ0v) is 24.7. The number of hydrogen-bond donors (Lipinski definition) is 2. The average Bonchev–Trinajstić information content (AvgIpc) is 3.59. The van der Waals surface area contributed by atoms with Crippen molar-refractivity contribution in [2.75, 3.05) is 49.6 Å². The number of thiophene rings is 1. The smallest absolute Gasteiger partial charge is 0.370 e. The first kappa shape index (κ1) is 31.3. The standard InChI is InChI=1S/C28H34ClF3N4O4S/c1-27(2,3)16-35(14-17-4-5-17)21(13-33-26(39)22-8-9-23(29)41-22)25(38)34-18-6-7-20(19(12-18)28(30,31)32)36-10-11-40-15-24(36)37/h6-9,12,17,21H,4-5,10-11,13-16H2,1-3H3,(H,33,39)(H,34,38)/t21-/m0/s1. The van der Waals surface area contributed by atoms with Gasteiger partial charge >= 0.3 is 6.18 Å². The summed E-state index contributed by atoms with van der Waals surface area (Å²) < 4.78 is 47.8. The number of amides is 3. The summed E-state index contributed by atoms with van der Waals surface area (Å²) in [6.45, 7) is 7.04. The Hall–Kier alpha value is -2.67. The zero-order chi connectivity index (χ0) is 29.9. The lowest BCUT2D eigenvalue weighted by atomic mass is 9.94. The van der Waals surface area contributed by atoms with E-state index in [2.05, 4.69) is 10.6 Å². The number of halogens is 4. The maximum Gasteiger partial charge on any atom is 0.418 e. The van der Waals surface area contributed by atoms with Gasteiger partial charge in [0.25, 0.3) is 11.8 Å². The highest BCUT2D eigenvalue weighted by Gasteiger charge is 2.38. The lowest BCUT2D eigenvalue weighted by molar-refractivity contribution is -0.137. The van der Waals surface area contributed by atoms with Gasteiger partial charge in [-0.3, -0.25) is 19.3 Å². The van der Waals surface area contributed by atoms with Gasteiger partial charge in [0.05, 0.1) is 27.1 Å². The van der Waals surface area contributed by atoms with E-state index < -0.39 is 29.6 Å². The molecule has 41 heavy (non-hydrogen) atoms. The Kier molecular flexibility index (Phi) is 9.67. The second kappa shape index (κ2) is 12.7. The van der Waals surface area contributed by atoms with Crippen LogP contribution in [0.25, 0.3) is 0 Å². The maximum atomic E-state index is 14.1. The summed E-state index contributed by atoms with van der Waals surface area (Å²) >= 11 is 7.08. The number of morpholine rings is 1. The van der Waals surface area contributed by atoms with Crippen LogP contribution < -0.4 is 15.5 Å². The van der Waals surface area contributed by atoms with E-state index >= 15 is 0 Å². The van der Waals surface area contributed by atoms with E-state index in [9.17, 15) is 27.6 Å². The van der Waals surface area contributed by atoms with Crippen molar-refractivity contribution in [1.82, 2.24) is 10.2 Å². The highest BCUT2D eigenvalue weighted by molar-refractivity contribution is 7.18. The fourth-order valence-corrected chi connectivity index (χ4v) is 5.68. The number of nitrogens with one attached hydrogen (secondary N) is 2. The van der Waals surface area contributed by atoms with E-state index in [-0.39, 0.29) is 49.0 Å². The van der Waals surface area contributed by atoms with Crippen molar-refractivity contribution < 1.29 is 32.3 Å². The van der Waals surface area contributed by atoms with Crippen molar-refractivity contribution in [2.24, 2.45) is 11.3 Å².